The number of halogens is 1. The van der Waals surface area contributed by atoms with Crippen LogP contribution in [0.5, 0.6) is 0 Å². The van der Waals surface area contributed by atoms with Crippen LogP contribution in [0.15, 0.2) is 24.3 Å². The van der Waals surface area contributed by atoms with Crippen LogP contribution >= 0.6 is 12.2 Å². The fourth-order valence-corrected chi connectivity index (χ4v) is 1.23. The van der Waals surface area contributed by atoms with E-state index in [9.17, 15) is 9.18 Å². The first-order chi connectivity index (χ1) is 8.00. The Kier molecular flexibility index (Phi) is 4.84. The molecule has 0 aliphatic heterocycles. The quantitative estimate of drug-likeness (QED) is 0.797. The van der Waals surface area contributed by atoms with Crippen molar-refractivity contribution in [2.24, 2.45) is 0 Å². The molecule has 0 fully saturated rings. The lowest BCUT2D eigenvalue weighted by atomic mass is 10.3. The molecule has 1 aromatic rings. The fourth-order valence-electron chi connectivity index (χ4n) is 1.04. The van der Waals surface area contributed by atoms with E-state index in [0.717, 1.165) is 0 Å². The number of carbonyl (C=O) groups excluding carboxylic acids is 1. The Labute approximate surface area is 105 Å². The molecule has 0 saturated heterocycles. The highest BCUT2D eigenvalue weighted by molar-refractivity contribution is 7.80. The van der Waals surface area contributed by atoms with Crippen LogP contribution in [0.2, 0.25) is 0 Å². The minimum absolute atomic E-state index is 0.0767. The molecule has 1 rings (SSSR count). The number of likely N-dealkylation sites (N-methyl/N-ethyl adjacent to an activating group) is 1. The average molecular weight is 255 g/mol. The number of hydrogen-bond acceptors (Lipinski definition) is 2. The minimum Gasteiger partial charge on any atom is -0.353 e. The van der Waals surface area contributed by atoms with Gasteiger partial charge in [-0.2, -0.15) is 0 Å². The zero-order valence-electron chi connectivity index (χ0n) is 9.66. The Morgan fingerprint density at radius 2 is 2.06 bits per heavy atom. The molecule has 0 unspecified atom stereocenters. The van der Waals surface area contributed by atoms with Crippen LogP contribution in [0.25, 0.3) is 0 Å². The van der Waals surface area contributed by atoms with E-state index in [1.165, 1.54) is 11.0 Å². The maximum absolute atomic E-state index is 13.3. The molecule has 0 atom stereocenters. The zero-order chi connectivity index (χ0) is 12.8. The van der Waals surface area contributed by atoms with Gasteiger partial charge in [-0.15, -0.1) is 0 Å². The number of hydrogen-bond donors (Lipinski definition) is 2. The maximum Gasteiger partial charge on any atom is 0.241 e. The number of amides is 1. The monoisotopic (exact) mass is 255 g/mol. The van der Waals surface area contributed by atoms with Crippen LogP contribution in [0.1, 0.15) is 0 Å². The first kappa shape index (κ1) is 13.4. The molecule has 1 amide bonds. The Balaban J connectivity index is 2.46. The van der Waals surface area contributed by atoms with Gasteiger partial charge in [-0.25, -0.2) is 4.39 Å². The normalized spacial score (nSPS) is 9.59. The lowest BCUT2D eigenvalue weighted by Gasteiger charge is -2.13. The van der Waals surface area contributed by atoms with E-state index in [1.807, 2.05) is 0 Å². The lowest BCUT2D eigenvalue weighted by molar-refractivity contribution is -0.127. The molecule has 2 N–H and O–H groups in total. The molecule has 0 aliphatic carbocycles. The van der Waals surface area contributed by atoms with Gasteiger partial charge in [-0.1, -0.05) is 12.1 Å². The van der Waals surface area contributed by atoms with Gasteiger partial charge in [0.25, 0.3) is 0 Å². The van der Waals surface area contributed by atoms with Gasteiger partial charge < -0.3 is 15.5 Å². The van der Waals surface area contributed by atoms with Crippen molar-refractivity contribution in [2.45, 2.75) is 0 Å². The number of carbonyl (C=O) groups is 1. The molecule has 6 heteroatoms. The number of benzene rings is 1. The highest BCUT2D eigenvalue weighted by atomic mass is 32.1. The van der Waals surface area contributed by atoms with Crippen molar-refractivity contribution in [1.82, 2.24) is 10.2 Å². The lowest BCUT2D eigenvalue weighted by Crippen LogP contribution is -2.38. The fraction of sp³-hybridized carbons (Fsp3) is 0.273. The Morgan fingerprint density at radius 3 is 2.65 bits per heavy atom. The largest absolute Gasteiger partial charge is 0.353 e. The summed E-state index contributed by atoms with van der Waals surface area (Å²) in [7, 11) is 3.30. The van der Waals surface area contributed by atoms with Gasteiger partial charge in [-0.05, 0) is 24.4 Å². The zero-order valence-corrected chi connectivity index (χ0v) is 10.5. The number of nitrogens with zero attached hydrogens (tertiary/aromatic N) is 1. The second-order valence-electron chi connectivity index (χ2n) is 3.58. The third-order valence-corrected chi connectivity index (χ3v) is 2.27. The number of para-hydroxylation sites is 1. The molecule has 0 spiro atoms. The molecule has 0 radical (unpaired) electrons. The van der Waals surface area contributed by atoms with Crippen molar-refractivity contribution < 1.29 is 9.18 Å². The van der Waals surface area contributed by atoms with E-state index >= 15 is 0 Å². The van der Waals surface area contributed by atoms with Crippen molar-refractivity contribution in [2.75, 3.05) is 26.0 Å². The molecule has 0 aromatic heterocycles. The van der Waals surface area contributed by atoms with Gasteiger partial charge >= 0.3 is 0 Å². The third kappa shape index (κ3) is 4.36. The standard InChI is InChI=1S/C11H14FN3OS/c1-15(2)10(16)7-13-11(17)14-9-6-4-3-5-8(9)12/h3-6H,7H2,1-2H3,(H2,13,14,17). The van der Waals surface area contributed by atoms with Gasteiger partial charge in [0, 0.05) is 14.1 Å². The third-order valence-electron chi connectivity index (χ3n) is 2.02. The highest BCUT2D eigenvalue weighted by Gasteiger charge is 2.06. The molecule has 0 aliphatic rings. The second-order valence-corrected chi connectivity index (χ2v) is 3.98. The number of rotatable bonds is 3. The number of anilines is 1. The summed E-state index contributed by atoms with van der Waals surface area (Å²) >= 11 is 4.94. The van der Waals surface area contributed by atoms with Gasteiger partial charge in [0.2, 0.25) is 5.91 Å². The SMILES string of the molecule is CN(C)C(=O)CNC(=S)Nc1ccccc1F. The van der Waals surface area contributed by atoms with E-state index in [4.69, 9.17) is 12.2 Å². The molecule has 0 saturated carbocycles. The van der Waals surface area contributed by atoms with E-state index < -0.39 is 5.82 Å². The van der Waals surface area contributed by atoms with Crippen LogP contribution in [-0.4, -0.2) is 36.6 Å². The predicted molar refractivity (Wildman–Crippen MR) is 69.3 cm³/mol. The van der Waals surface area contributed by atoms with Crippen LogP contribution in [0.4, 0.5) is 10.1 Å². The van der Waals surface area contributed by atoms with Crippen LogP contribution in [-0.2, 0) is 4.79 Å². The van der Waals surface area contributed by atoms with Crippen molar-refractivity contribution in [3.8, 4) is 0 Å². The summed E-state index contributed by atoms with van der Waals surface area (Å²) in [5, 5.41) is 5.59. The van der Waals surface area contributed by atoms with Crippen LogP contribution in [0, 0.1) is 5.82 Å². The summed E-state index contributed by atoms with van der Waals surface area (Å²) in [6.45, 7) is 0.0767. The van der Waals surface area contributed by atoms with Crippen LogP contribution in [0.3, 0.4) is 0 Å². The molecular weight excluding hydrogens is 241 g/mol. The Bertz CT molecular complexity index is 423. The molecule has 0 heterocycles. The summed E-state index contributed by atoms with van der Waals surface area (Å²) in [6, 6.07) is 6.18. The van der Waals surface area contributed by atoms with Gasteiger partial charge in [-0.3, -0.25) is 4.79 Å². The van der Waals surface area contributed by atoms with Crippen molar-refractivity contribution in [3.05, 3.63) is 30.1 Å². The minimum atomic E-state index is -0.393. The smallest absolute Gasteiger partial charge is 0.241 e. The average Bonchev–Trinajstić information content (AvgIpc) is 2.29. The maximum atomic E-state index is 13.3. The van der Waals surface area contributed by atoms with Gasteiger partial charge in [0.05, 0.1) is 12.2 Å². The number of thiocarbonyl (C=S) groups is 1. The summed E-state index contributed by atoms with van der Waals surface area (Å²) in [5.41, 5.74) is 0.280. The summed E-state index contributed by atoms with van der Waals surface area (Å²) in [4.78, 5) is 12.7. The molecule has 0 bridgehead atoms. The van der Waals surface area contributed by atoms with E-state index in [-0.39, 0.29) is 23.3 Å². The van der Waals surface area contributed by atoms with E-state index in [2.05, 4.69) is 10.6 Å². The Hall–Kier alpha value is -1.69. The summed E-state index contributed by atoms with van der Waals surface area (Å²) in [5.74, 6) is -0.502. The molecular formula is C11H14FN3OS. The molecule has 92 valence electrons. The molecule has 1 aromatic carbocycles. The number of nitrogens with one attached hydrogen (secondary N) is 2. The van der Waals surface area contributed by atoms with Gasteiger partial charge in [0.1, 0.15) is 5.82 Å². The predicted octanol–water partition coefficient (Wildman–Crippen LogP) is 1.20. The molecule has 4 nitrogen and oxygen atoms in total. The highest BCUT2D eigenvalue weighted by Crippen LogP contribution is 2.11. The summed E-state index contributed by atoms with van der Waals surface area (Å²) in [6.07, 6.45) is 0. The first-order valence-corrected chi connectivity index (χ1v) is 5.41. The topological polar surface area (TPSA) is 44.4 Å². The van der Waals surface area contributed by atoms with Crippen LogP contribution < -0.4 is 10.6 Å². The van der Waals surface area contributed by atoms with Gasteiger partial charge in [0.15, 0.2) is 5.11 Å². The Morgan fingerprint density at radius 1 is 1.41 bits per heavy atom. The van der Waals surface area contributed by atoms with E-state index in [1.54, 1.807) is 32.3 Å². The van der Waals surface area contributed by atoms with Crippen molar-refractivity contribution in [1.29, 1.82) is 0 Å². The van der Waals surface area contributed by atoms with Crippen molar-refractivity contribution in [3.63, 3.8) is 0 Å². The second kappa shape index (κ2) is 6.15. The van der Waals surface area contributed by atoms with E-state index in [0.29, 0.717) is 0 Å². The summed E-state index contributed by atoms with van der Waals surface area (Å²) < 4.78 is 13.3. The van der Waals surface area contributed by atoms with Crippen molar-refractivity contribution >= 4 is 28.9 Å². The first-order valence-electron chi connectivity index (χ1n) is 5.00. The molecule has 17 heavy (non-hydrogen) atoms.